The van der Waals surface area contributed by atoms with Gasteiger partial charge in [0, 0.05) is 5.69 Å². The SMILES string of the molecule is CCOC(=O)[C@H]1[C@H]2C(=O)N([C@H](C)CO)C(C(=O)Nc3cc(C)ccc3C)C23CC(C)[C@]1(C)O3. The minimum Gasteiger partial charge on any atom is -0.466 e. The number of benzene rings is 1. The second kappa shape index (κ2) is 8.09. The van der Waals surface area contributed by atoms with E-state index in [1.165, 1.54) is 4.90 Å². The standard InChI is InChI=1S/C25H34N2O6/c1-7-32-23(31)19-18-22(30)27(16(5)12-28)20(25(18)11-15(4)24(19,6)33-25)21(29)26-17-10-13(2)8-9-14(17)3/h8-10,15-16,18-20,28H,7,11-12H2,1-6H3,(H,26,29)/t15?,16-,18+,19-,20?,24+,25?/m1/s1. The summed E-state index contributed by atoms with van der Waals surface area (Å²) in [5.74, 6) is -2.89. The average Bonchev–Trinajstić information content (AvgIpc) is 3.27. The van der Waals surface area contributed by atoms with E-state index in [1.807, 2.05) is 45.9 Å². The quantitative estimate of drug-likeness (QED) is 0.633. The molecule has 8 nitrogen and oxygen atoms in total. The van der Waals surface area contributed by atoms with Gasteiger partial charge in [-0.2, -0.15) is 0 Å². The van der Waals surface area contributed by atoms with Crippen molar-refractivity contribution >= 4 is 23.5 Å². The second-order valence-corrected chi connectivity index (χ2v) is 10.0. The van der Waals surface area contributed by atoms with Crippen LogP contribution < -0.4 is 5.32 Å². The topological polar surface area (TPSA) is 105 Å². The lowest BCUT2D eigenvalue weighted by molar-refractivity contribution is -0.161. The molecule has 3 heterocycles. The van der Waals surface area contributed by atoms with Gasteiger partial charge in [-0.25, -0.2) is 0 Å². The number of carbonyl (C=O) groups excluding carboxylic acids is 3. The monoisotopic (exact) mass is 458 g/mol. The number of likely N-dealkylation sites (tertiary alicyclic amines) is 1. The first-order valence-corrected chi connectivity index (χ1v) is 11.7. The summed E-state index contributed by atoms with van der Waals surface area (Å²) in [6.45, 7) is 11.0. The number of aliphatic hydroxyl groups is 1. The van der Waals surface area contributed by atoms with Crippen molar-refractivity contribution in [3.8, 4) is 0 Å². The Bertz CT molecular complexity index is 995. The highest BCUT2D eigenvalue weighted by Crippen LogP contribution is 2.65. The molecule has 3 aliphatic heterocycles. The minimum atomic E-state index is -1.16. The van der Waals surface area contributed by atoms with E-state index in [0.717, 1.165) is 11.1 Å². The molecule has 3 aliphatic rings. The summed E-state index contributed by atoms with van der Waals surface area (Å²) in [4.78, 5) is 42.1. The van der Waals surface area contributed by atoms with Gasteiger partial charge in [0.2, 0.25) is 11.8 Å². The number of hydrogen-bond donors (Lipinski definition) is 2. The molecule has 0 radical (unpaired) electrons. The fourth-order valence-corrected chi connectivity index (χ4v) is 6.20. The van der Waals surface area contributed by atoms with E-state index in [-0.39, 0.29) is 30.9 Å². The number of aryl methyl sites for hydroxylation is 2. The van der Waals surface area contributed by atoms with Crippen LogP contribution in [-0.4, -0.2) is 64.3 Å². The molecular formula is C25H34N2O6. The molecule has 3 unspecified atom stereocenters. The minimum absolute atomic E-state index is 0.0589. The van der Waals surface area contributed by atoms with Gasteiger partial charge in [-0.15, -0.1) is 0 Å². The van der Waals surface area contributed by atoms with Crippen molar-refractivity contribution in [2.75, 3.05) is 18.5 Å². The molecule has 0 aliphatic carbocycles. The van der Waals surface area contributed by atoms with Crippen LogP contribution in [0.4, 0.5) is 5.69 Å². The zero-order valence-corrected chi connectivity index (χ0v) is 20.2. The zero-order valence-electron chi connectivity index (χ0n) is 20.2. The number of nitrogens with one attached hydrogen (secondary N) is 1. The highest BCUT2D eigenvalue weighted by Gasteiger charge is 2.80. The normalized spacial score (nSPS) is 35.5. The summed E-state index contributed by atoms with van der Waals surface area (Å²) in [6, 6.07) is 4.20. The lowest BCUT2D eigenvalue weighted by Gasteiger charge is -2.36. The largest absolute Gasteiger partial charge is 0.466 e. The van der Waals surface area contributed by atoms with Crippen LogP contribution in [-0.2, 0) is 23.9 Å². The van der Waals surface area contributed by atoms with E-state index >= 15 is 0 Å². The molecule has 4 rings (SSSR count). The predicted octanol–water partition coefficient (Wildman–Crippen LogP) is 2.20. The Kier molecular flexibility index (Phi) is 5.81. The van der Waals surface area contributed by atoms with Gasteiger partial charge in [0.25, 0.3) is 0 Å². The first kappa shape index (κ1) is 23.7. The predicted molar refractivity (Wildman–Crippen MR) is 121 cm³/mol. The average molecular weight is 459 g/mol. The number of hydrogen-bond acceptors (Lipinski definition) is 6. The zero-order chi connectivity index (χ0) is 24.3. The van der Waals surface area contributed by atoms with Gasteiger partial charge in [-0.3, -0.25) is 14.4 Å². The van der Waals surface area contributed by atoms with E-state index in [9.17, 15) is 19.5 Å². The number of esters is 1. The van der Waals surface area contributed by atoms with Gasteiger partial charge in [-0.05, 0) is 64.2 Å². The Morgan fingerprint density at radius 2 is 2.06 bits per heavy atom. The van der Waals surface area contributed by atoms with Crippen molar-refractivity contribution in [1.29, 1.82) is 0 Å². The number of anilines is 1. The summed E-state index contributed by atoms with van der Waals surface area (Å²) >= 11 is 0. The van der Waals surface area contributed by atoms with Gasteiger partial charge >= 0.3 is 5.97 Å². The maximum absolute atomic E-state index is 13.8. The Labute approximate surface area is 194 Å². The molecule has 180 valence electrons. The summed E-state index contributed by atoms with van der Waals surface area (Å²) in [5, 5.41) is 12.9. The molecule has 0 aromatic heterocycles. The van der Waals surface area contributed by atoms with Gasteiger partial charge in [-0.1, -0.05) is 19.1 Å². The second-order valence-electron chi connectivity index (χ2n) is 10.0. The van der Waals surface area contributed by atoms with Gasteiger partial charge in [0.05, 0.1) is 30.8 Å². The van der Waals surface area contributed by atoms with E-state index in [1.54, 1.807) is 13.8 Å². The molecule has 2 bridgehead atoms. The Hall–Kier alpha value is -2.45. The van der Waals surface area contributed by atoms with Crippen LogP contribution in [0.3, 0.4) is 0 Å². The van der Waals surface area contributed by atoms with Crippen LogP contribution in [0.1, 0.15) is 45.2 Å². The Morgan fingerprint density at radius 3 is 2.70 bits per heavy atom. The van der Waals surface area contributed by atoms with Crippen molar-refractivity contribution in [1.82, 2.24) is 4.90 Å². The lowest BCUT2D eigenvalue weighted by Crippen LogP contribution is -2.56. The third-order valence-electron chi connectivity index (χ3n) is 7.93. The number of carbonyl (C=O) groups is 3. The summed E-state index contributed by atoms with van der Waals surface area (Å²) < 4.78 is 11.9. The molecule has 3 fully saturated rings. The number of fused-ring (bicyclic) bond motifs is 1. The number of aliphatic hydroxyl groups excluding tert-OH is 1. The van der Waals surface area contributed by atoms with Crippen molar-refractivity contribution in [3.05, 3.63) is 29.3 Å². The third-order valence-corrected chi connectivity index (χ3v) is 7.93. The van der Waals surface area contributed by atoms with E-state index in [4.69, 9.17) is 9.47 Å². The molecule has 3 saturated heterocycles. The molecule has 0 saturated carbocycles. The fourth-order valence-electron chi connectivity index (χ4n) is 6.20. The van der Waals surface area contributed by atoms with Crippen LogP contribution in [0.15, 0.2) is 18.2 Å². The molecule has 2 N–H and O–H groups in total. The number of nitrogens with zero attached hydrogens (tertiary/aromatic N) is 1. The maximum atomic E-state index is 13.8. The first-order chi connectivity index (χ1) is 15.5. The molecule has 7 atom stereocenters. The van der Waals surface area contributed by atoms with E-state index in [2.05, 4.69) is 5.32 Å². The fraction of sp³-hybridized carbons (Fsp3) is 0.640. The summed E-state index contributed by atoms with van der Waals surface area (Å²) in [7, 11) is 0. The van der Waals surface area contributed by atoms with Crippen molar-refractivity contribution < 1.29 is 29.0 Å². The summed E-state index contributed by atoms with van der Waals surface area (Å²) in [5.41, 5.74) is 0.497. The van der Waals surface area contributed by atoms with Crippen LogP contribution in [0.5, 0.6) is 0 Å². The van der Waals surface area contributed by atoms with Crippen LogP contribution >= 0.6 is 0 Å². The van der Waals surface area contributed by atoms with Gasteiger partial charge in [0.1, 0.15) is 17.6 Å². The molecule has 8 heteroatoms. The van der Waals surface area contributed by atoms with E-state index in [0.29, 0.717) is 12.1 Å². The maximum Gasteiger partial charge on any atom is 0.312 e. The molecule has 1 aromatic carbocycles. The van der Waals surface area contributed by atoms with Crippen molar-refractivity contribution in [2.45, 2.75) is 71.2 Å². The van der Waals surface area contributed by atoms with Gasteiger partial charge < -0.3 is 24.8 Å². The smallest absolute Gasteiger partial charge is 0.312 e. The van der Waals surface area contributed by atoms with Crippen molar-refractivity contribution in [2.24, 2.45) is 17.8 Å². The number of amides is 2. The molecule has 2 amide bonds. The van der Waals surface area contributed by atoms with Crippen LogP contribution in [0.25, 0.3) is 0 Å². The van der Waals surface area contributed by atoms with Crippen LogP contribution in [0.2, 0.25) is 0 Å². The molecular weight excluding hydrogens is 424 g/mol. The third kappa shape index (κ3) is 3.29. The number of rotatable bonds is 6. The molecule has 1 spiro atoms. The van der Waals surface area contributed by atoms with Crippen molar-refractivity contribution in [3.63, 3.8) is 0 Å². The summed E-state index contributed by atoms with van der Waals surface area (Å²) in [6.07, 6.45) is 0.468. The highest BCUT2D eigenvalue weighted by molar-refractivity contribution is 6.04. The highest BCUT2D eigenvalue weighted by atomic mass is 16.6. The lowest BCUT2D eigenvalue weighted by atomic mass is 9.62. The molecule has 33 heavy (non-hydrogen) atoms. The van der Waals surface area contributed by atoms with Crippen LogP contribution in [0, 0.1) is 31.6 Å². The van der Waals surface area contributed by atoms with Gasteiger partial charge in [0.15, 0.2) is 0 Å². The first-order valence-electron chi connectivity index (χ1n) is 11.7. The number of ether oxygens (including phenoxy) is 2. The Balaban J connectivity index is 1.80. The Morgan fingerprint density at radius 1 is 1.36 bits per heavy atom. The molecule has 1 aromatic rings. The van der Waals surface area contributed by atoms with E-state index < -0.39 is 41.1 Å².